The van der Waals surface area contributed by atoms with Gasteiger partial charge in [-0.1, -0.05) is 17.7 Å². The van der Waals surface area contributed by atoms with Gasteiger partial charge < -0.3 is 4.98 Å². The molecule has 0 atom stereocenters. The largest absolute Gasteiger partial charge is 0.342 e. The first kappa shape index (κ1) is 11.0. The van der Waals surface area contributed by atoms with E-state index in [2.05, 4.69) is 15.0 Å². The lowest BCUT2D eigenvalue weighted by Crippen LogP contribution is -1.99. The fourth-order valence-corrected chi connectivity index (χ4v) is 1.92. The minimum absolute atomic E-state index is 0.0803. The van der Waals surface area contributed by atoms with Crippen molar-refractivity contribution < 1.29 is 4.39 Å². The van der Waals surface area contributed by atoms with Crippen LogP contribution in [0.4, 0.5) is 4.39 Å². The van der Waals surface area contributed by atoms with Gasteiger partial charge >= 0.3 is 0 Å². The van der Waals surface area contributed by atoms with E-state index in [1.54, 1.807) is 41.6 Å². The van der Waals surface area contributed by atoms with Gasteiger partial charge in [0.1, 0.15) is 5.69 Å². The van der Waals surface area contributed by atoms with E-state index in [0.29, 0.717) is 17.2 Å². The third-order valence-corrected chi connectivity index (χ3v) is 2.86. The zero-order valence-electron chi connectivity index (χ0n) is 9.14. The van der Waals surface area contributed by atoms with Crippen molar-refractivity contribution in [1.82, 2.24) is 19.5 Å². The average Bonchev–Trinajstić information content (AvgIpc) is 3.01. The normalized spacial score (nSPS) is 10.8. The smallest absolute Gasteiger partial charge is 0.165 e. The highest BCUT2D eigenvalue weighted by molar-refractivity contribution is 6.30. The number of aromatic amines is 1. The van der Waals surface area contributed by atoms with Crippen LogP contribution in [-0.2, 0) is 0 Å². The van der Waals surface area contributed by atoms with Crippen LogP contribution in [0.15, 0.2) is 43.1 Å². The molecule has 1 N–H and O–H groups in total. The predicted octanol–water partition coefficient (Wildman–Crippen LogP) is 3.05. The van der Waals surface area contributed by atoms with Crippen LogP contribution < -0.4 is 0 Å². The molecule has 2 heterocycles. The fourth-order valence-electron chi connectivity index (χ4n) is 1.75. The molecular weight excluding hydrogens is 255 g/mol. The molecule has 0 saturated carbocycles. The van der Waals surface area contributed by atoms with Crippen molar-refractivity contribution in [2.45, 2.75) is 0 Å². The summed E-state index contributed by atoms with van der Waals surface area (Å²) in [5, 5.41) is 0.0803. The molecule has 0 aliphatic heterocycles. The Labute approximate surface area is 107 Å². The van der Waals surface area contributed by atoms with Gasteiger partial charge in [0.25, 0.3) is 0 Å². The molecule has 3 aromatic rings. The van der Waals surface area contributed by atoms with E-state index in [4.69, 9.17) is 11.6 Å². The Hall–Kier alpha value is -2.14. The molecule has 0 unspecified atom stereocenters. The highest BCUT2D eigenvalue weighted by atomic mass is 35.5. The zero-order valence-corrected chi connectivity index (χ0v) is 9.89. The number of halogens is 2. The highest BCUT2D eigenvalue weighted by Crippen LogP contribution is 2.25. The maximum absolute atomic E-state index is 14.0. The van der Waals surface area contributed by atoms with Crippen LogP contribution in [0.3, 0.4) is 0 Å². The van der Waals surface area contributed by atoms with Crippen molar-refractivity contribution in [2.24, 2.45) is 0 Å². The second-order valence-corrected chi connectivity index (χ2v) is 4.07. The van der Waals surface area contributed by atoms with Crippen molar-refractivity contribution in [2.75, 3.05) is 0 Å². The molecule has 90 valence electrons. The second-order valence-electron chi connectivity index (χ2n) is 3.66. The van der Waals surface area contributed by atoms with E-state index in [0.717, 1.165) is 0 Å². The van der Waals surface area contributed by atoms with E-state index in [1.807, 2.05) is 0 Å². The van der Waals surface area contributed by atoms with Crippen LogP contribution in [0.2, 0.25) is 5.02 Å². The lowest BCUT2D eigenvalue weighted by Gasteiger charge is -2.08. The molecule has 2 aromatic heterocycles. The Morgan fingerprint density at radius 3 is 3.00 bits per heavy atom. The summed E-state index contributed by atoms with van der Waals surface area (Å²) < 4.78 is 15.6. The van der Waals surface area contributed by atoms with Crippen LogP contribution >= 0.6 is 11.6 Å². The number of rotatable bonds is 2. The third-order valence-electron chi connectivity index (χ3n) is 2.57. The summed E-state index contributed by atoms with van der Waals surface area (Å²) in [5.74, 6) is 0.103. The van der Waals surface area contributed by atoms with Crippen molar-refractivity contribution in [1.29, 1.82) is 0 Å². The molecule has 3 rings (SSSR count). The van der Waals surface area contributed by atoms with Crippen LogP contribution in [0.25, 0.3) is 17.2 Å². The molecule has 0 bridgehead atoms. The lowest BCUT2D eigenvalue weighted by molar-refractivity contribution is 0.619. The van der Waals surface area contributed by atoms with E-state index in [9.17, 15) is 4.39 Å². The Morgan fingerprint density at radius 2 is 2.22 bits per heavy atom. The van der Waals surface area contributed by atoms with Crippen molar-refractivity contribution in [3.63, 3.8) is 0 Å². The molecule has 18 heavy (non-hydrogen) atoms. The van der Waals surface area contributed by atoms with E-state index >= 15 is 0 Å². The molecule has 0 saturated heterocycles. The summed E-state index contributed by atoms with van der Waals surface area (Å²) in [7, 11) is 0. The fraction of sp³-hybridized carbons (Fsp3) is 0. The number of imidazole rings is 2. The molecule has 0 fully saturated rings. The Balaban J connectivity index is 2.19. The minimum Gasteiger partial charge on any atom is -0.342 e. The number of benzene rings is 1. The number of nitrogens with one attached hydrogen (secondary N) is 1. The van der Waals surface area contributed by atoms with E-state index in [1.165, 1.54) is 6.07 Å². The number of hydrogen-bond donors (Lipinski definition) is 1. The van der Waals surface area contributed by atoms with Crippen LogP contribution in [0.5, 0.6) is 0 Å². The second kappa shape index (κ2) is 4.27. The number of nitrogens with zero attached hydrogens (tertiary/aromatic N) is 3. The average molecular weight is 263 g/mol. The molecular formula is C12H8ClFN4. The maximum atomic E-state index is 14.0. The van der Waals surface area contributed by atoms with Gasteiger partial charge in [-0.3, -0.25) is 4.57 Å². The van der Waals surface area contributed by atoms with Crippen molar-refractivity contribution in [3.8, 4) is 17.2 Å². The zero-order chi connectivity index (χ0) is 12.5. The molecule has 0 radical (unpaired) electrons. The van der Waals surface area contributed by atoms with Gasteiger partial charge in [0.15, 0.2) is 11.6 Å². The van der Waals surface area contributed by atoms with Crippen LogP contribution in [-0.4, -0.2) is 19.5 Å². The Morgan fingerprint density at radius 1 is 1.33 bits per heavy atom. The van der Waals surface area contributed by atoms with Gasteiger partial charge in [-0.15, -0.1) is 0 Å². The first-order valence-corrected chi connectivity index (χ1v) is 5.61. The summed E-state index contributed by atoms with van der Waals surface area (Å²) in [5.41, 5.74) is 1.06. The lowest BCUT2D eigenvalue weighted by atomic mass is 10.3. The maximum Gasteiger partial charge on any atom is 0.165 e. The van der Waals surface area contributed by atoms with Gasteiger partial charge in [0.05, 0.1) is 23.2 Å². The number of hydrogen-bond acceptors (Lipinski definition) is 2. The summed E-state index contributed by atoms with van der Waals surface area (Å²) >= 11 is 5.78. The SMILES string of the molecule is Fc1c(Cl)cccc1-n1ccnc1-c1cnc[nH]1. The molecule has 0 amide bonds. The molecule has 0 spiro atoms. The third kappa shape index (κ3) is 1.69. The number of H-pyrrole nitrogens is 1. The van der Waals surface area contributed by atoms with Crippen molar-refractivity contribution >= 4 is 11.6 Å². The Bertz CT molecular complexity index is 675. The van der Waals surface area contributed by atoms with Crippen LogP contribution in [0, 0.1) is 5.82 Å². The van der Waals surface area contributed by atoms with E-state index < -0.39 is 5.82 Å². The first-order chi connectivity index (χ1) is 8.77. The van der Waals surface area contributed by atoms with Crippen molar-refractivity contribution in [3.05, 3.63) is 54.0 Å². The molecule has 0 aliphatic carbocycles. The standard InChI is InChI=1S/C12H8ClFN4/c13-8-2-1-3-10(11(8)14)18-5-4-16-12(18)9-6-15-7-17-9/h1-7H,(H,15,17). The first-order valence-electron chi connectivity index (χ1n) is 5.24. The van der Waals surface area contributed by atoms with E-state index in [-0.39, 0.29) is 5.02 Å². The molecule has 4 nitrogen and oxygen atoms in total. The summed E-state index contributed by atoms with van der Waals surface area (Å²) in [6, 6.07) is 4.84. The number of aromatic nitrogens is 4. The topological polar surface area (TPSA) is 46.5 Å². The molecule has 1 aromatic carbocycles. The monoisotopic (exact) mass is 262 g/mol. The van der Waals surface area contributed by atoms with Gasteiger partial charge in [0, 0.05) is 12.4 Å². The molecule has 0 aliphatic rings. The minimum atomic E-state index is -0.474. The highest BCUT2D eigenvalue weighted by Gasteiger charge is 2.13. The quantitative estimate of drug-likeness (QED) is 0.772. The van der Waals surface area contributed by atoms with Gasteiger partial charge in [0.2, 0.25) is 0 Å². The van der Waals surface area contributed by atoms with Gasteiger partial charge in [-0.05, 0) is 12.1 Å². The predicted molar refractivity (Wildman–Crippen MR) is 66.1 cm³/mol. The summed E-state index contributed by atoms with van der Waals surface area (Å²) in [6.07, 6.45) is 6.44. The van der Waals surface area contributed by atoms with Crippen LogP contribution in [0.1, 0.15) is 0 Å². The molecule has 6 heteroatoms. The summed E-state index contributed by atoms with van der Waals surface area (Å²) in [4.78, 5) is 11.0. The Kier molecular flexibility index (Phi) is 2.60. The summed E-state index contributed by atoms with van der Waals surface area (Å²) in [6.45, 7) is 0. The van der Waals surface area contributed by atoms with Gasteiger partial charge in [-0.25, -0.2) is 14.4 Å². The van der Waals surface area contributed by atoms with Gasteiger partial charge in [-0.2, -0.15) is 0 Å².